The maximum absolute atomic E-state index is 11.3. The summed E-state index contributed by atoms with van der Waals surface area (Å²) in [7, 11) is 0. The lowest BCUT2D eigenvalue weighted by Gasteiger charge is -2.38. The van der Waals surface area contributed by atoms with Crippen LogP contribution in [-0.2, 0) is 0 Å². The summed E-state index contributed by atoms with van der Waals surface area (Å²) in [5.74, 6) is 1.39. The minimum Gasteiger partial charge on any atom is -0.492 e. The topological polar surface area (TPSA) is 64.4 Å². The van der Waals surface area contributed by atoms with E-state index in [2.05, 4.69) is 23.5 Å². The van der Waals surface area contributed by atoms with E-state index in [1.807, 2.05) is 25.1 Å². The molecule has 4 rings (SSSR count). The van der Waals surface area contributed by atoms with Gasteiger partial charge < -0.3 is 10.1 Å². The minimum absolute atomic E-state index is 0.0416. The highest BCUT2D eigenvalue weighted by molar-refractivity contribution is 6.32. The summed E-state index contributed by atoms with van der Waals surface area (Å²) in [6.45, 7) is 2.54. The third-order valence-electron chi connectivity index (χ3n) is 5.18. The summed E-state index contributed by atoms with van der Waals surface area (Å²) >= 11 is 5.99. The lowest BCUT2D eigenvalue weighted by molar-refractivity contribution is -0.384. The molecule has 0 radical (unpaired) electrons. The van der Waals surface area contributed by atoms with Crippen molar-refractivity contribution in [3.05, 3.63) is 74.8 Å². The molecule has 1 aliphatic carbocycles. The van der Waals surface area contributed by atoms with Gasteiger partial charge in [-0.25, -0.2) is 0 Å². The molecule has 0 bridgehead atoms. The molecule has 5 nitrogen and oxygen atoms in total. The van der Waals surface area contributed by atoms with Crippen LogP contribution in [-0.4, -0.2) is 11.5 Å². The second kappa shape index (κ2) is 6.65. The molecular formula is C20H19ClN2O3. The summed E-state index contributed by atoms with van der Waals surface area (Å²) in [5.41, 5.74) is 3.01. The molecule has 0 saturated heterocycles. The van der Waals surface area contributed by atoms with Crippen molar-refractivity contribution in [2.45, 2.75) is 25.3 Å². The number of nitrogens with zero attached hydrogens (tertiary/aromatic N) is 1. The predicted octanol–water partition coefficient (Wildman–Crippen LogP) is 5.47. The Hall–Kier alpha value is -2.53. The number of allylic oxidation sites excluding steroid dienone is 2. The molecule has 2 aromatic carbocycles. The van der Waals surface area contributed by atoms with E-state index in [0.29, 0.717) is 12.5 Å². The van der Waals surface area contributed by atoms with E-state index in [1.54, 1.807) is 12.1 Å². The molecule has 134 valence electrons. The number of nitro benzene ring substituents is 1. The standard InChI is InChI=1S/C20H19ClN2O3/c1-2-26-18-8-4-7-15-13-5-3-6-14(13)19(22-20(15)18)12-9-10-16(21)17(11-12)23(24)25/h3-5,7-11,13-14,19,22H,2,6H2,1H3/t13-,14-,19-/m1/s1. The molecule has 26 heavy (non-hydrogen) atoms. The first kappa shape index (κ1) is 16.9. The molecule has 0 saturated carbocycles. The Morgan fingerprint density at radius 2 is 2.19 bits per heavy atom. The summed E-state index contributed by atoms with van der Waals surface area (Å²) in [4.78, 5) is 10.9. The van der Waals surface area contributed by atoms with E-state index in [0.717, 1.165) is 23.4 Å². The van der Waals surface area contributed by atoms with E-state index in [4.69, 9.17) is 16.3 Å². The van der Waals surface area contributed by atoms with E-state index in [1.165, 1.54) is 5.56 Å². The van der Waals surface area contributed by atoms with Crippen LogP contribution in [0.4, 0.5) is 11.4 Å². The number of ether oxygens (including phenoxy) is 1. The third kappa shape index (κ3) is 2.72. The highest BCUT2D eigenvalue weighted by Crippen LogP contribution is 2.52. The van der Waals surface area contributed by atoms with Gasteiger partial charge in [0.05, 0.1) is 23.3 Å². The molecule has 3 atom stereocenters. The van der Waals surface area contributed by atoms with Gasteiger partial charge in [-0.05, 0) is 42.5 Å². The van der Waals surface area contributed by atoms with Crippen LogP contribution < -0.4 is 10.1 Å². The lowest BCUT2D eigenvalue weighted by Crippen LogP contribution is -2.29. The van der Waals surface area contributed by atoms with Gasteiger partial charge in [-0.15, -0.1) is 0 Å². The number of rotatable bonds is 4. The maximum Gasteiger partial charge on any atom is 0.288 e. The van der Waals surface area contributed by atoms with Crippen LogP contribution in [0.1, 0.15) is 36.4 Å². The van der Waals surface area contributed by atoms with Gasteiger partial charge in [-0.3, -0.25) is 10.1 Å². The molecule has 0 fully saturated rings. The zero-order valence-electron chi connectivity index (χ0n) is 14.3. The first-order valence-electron chi connectivity index (χ1n) is 8.73. The Bertz CT molecular complexity index is 897. The van der Waals surface area contributed by atoms with Crippen molar-refractivity contribution in [2.24, 2.45) is 5.92 Å². The van der Waals surface area contributed by atoms with Gasteiger partial charge in [-0.1, -0.05) is 42.0 Å². The zero-order chi connectivity index (χ0) is 18.3. The molecule has 2 aromatic rings. The molecule has 0 spiro atoms. The van der Waals surface area contributed by atoms with Crippen LogP contribution in [0.25, 0.3) is 0 Å². The number of halogens is 1. The van der Waals surface area contributed by atoms with Crippen molar-refractivity contribution in [1.82, 2.24) is 0 Å². The molecule has 2 aliphatic rings. The monoisotopic (exact) mass is 370 g/mol. The van der Waals surface area contributed by atoms with E-state index < -0.39 is 4.92 Å². The zero-order valence-corrected chi connectivity index (χ0v) is 15.1. The first-order chi connectivity index (χ1) is 12.6. The van der Waals surface area contributed by atoms with Crippen molar-refractivity contribution in [2.75, 3.05) is 11.9 Å². The second-order valence-electron chi connectivity index (χ2n) is 6.60. The number of nitro groups is 1. The molecule has 1 aliphatic heterocycles. The van der Waals surface area contributed by atoms with Crippen molar-refractivity contribution >= 4 is 23.0 Å². The van der Waals surface area contributed by atoms with Crippen LogP contribution >= 0.6 is 11.6 Å². The average molecular weight is 371 g/mol. The summed E-state index contributed by atoms with van der Waals surface area (Å²) in [6, 6.07) is 11.1. The molecule has 0 amide bonds. The van der Waals surface area contributed by atoms with Crippen molar-refractivity contribution in [3.8, 4) is 5.75 Å². The number of nitrogens with one attached hydrogen (secondary N) is 1. The van der Waals surface area contributed by atoms with Crippen molar-refractivity contribution in [1.29, 1.82) is 0 Å². The number of anilines is 1. The number of benzene rings is 2. The summed E-state index contributed by atoms with van der Waals surface area (Å²) in [5, 5.41) is 15.0. The predicted molar refractivity (Wildman–Crippen MR) is 102 cm³/mol. The Morgan fingerprint density at radius 3 is 2.96 bits per heavy atom. The van der Waals surface area contributed by atoms with Gasteiger partial charge in [-0.2, -0.15) is 0 Å². The quantitative estimate of drug-likeness (QED) is 0.440. The van der Waals surface area contributed by atoms with Gasteiger partial charge in [0, 0.05) is 12.0 Å². The van der Waals surface area contributed by atoms with Crippen LogP contribution in [0.2, 0.25) is 5.02 Å². The van der Waals surface area contributed by atoms with Crippen LogP contribution in [0, 0.1) is 16.0 Å². The Labute approximate surface area is 156 Å². The van der Waals surface area contributed by atoms with Gasteiger partial charge in [0.1, 0.15) is 10.8 Å². The van der Waals surface area contributed by atoms with Gasteiger partial charge in [0.25, 0.3) is 5.69 Å². The fraction of sp³-hybridized carbons (Fsp3) is 0.300. The van der Waals surface area contributed by atoms with E-state index in [-0.39, 0.29) is 22.7 Å². The van der Waals surface area contributed by atoms with Crippen LogP contribution in [0.15, 0.2) is 48.6 Å². The Balaban J connectivity index is 1.80. The van der Waals surface area contributed by atoms with Crippen LogP contribution in [0.3, 0.4) is 0 Å². The smallest absolute Gasteiger partial charge is 0.288 e. The normalized spacial score (nSPS) is 23.1. The van der Waals surface area contributed by atoms with Gasteiger partial charge in [0.2, 0.25) is 0 Å². The summed E-state index contributed by atoms with van der Waals surface area (Å²) in [6.07, 6.45) is 5.35. The molecule has 6 heteroatoms. The summed E-state index contributed by atoms with van der Waals surface area (Å²) < 4.78 is 5.80. The SMILES string of the molecule is CCOc1cccc2c1N[C@H](c1ccc(Cl)c([N+](=O)[O-])c1)[C@@H]1CC=C[C@@H]21. The van der Waals surface area contributed by atoms with E-state index >= 15 is 0 Å². The highest BCUT2D eigenvalue weighted by atomic mass is 35.5. The molecule has 0 unspecified atom stereocenters. The average Bonchev–Trinajstić information content (AvgIpc) is 3.12. The first-order valence-corrected chi connectivity index (χ1v) is 9.10. The molecule has 0 aromatic heterocycles. The number of fused-ring (bicyclic) bond motifs is 3. The number of hydrogen-bond donors (Lipinski definition) is 1. The Morgan fingerprint density at radius 1 is 1.35 bits per heavy atom. The van der Waals surface area contributed by atoms with Crippen molar-refractivity contribution < 1.29 is 9.66 Å². The van der Waals surface area contributed by atoms with E-state index in [9.17, 15) is 10.1 Å². The fourth-order valence-electron chi connectivity index (χ4n) is 4.06. The number of hydrogen-bond acceptors (Lipinski definition) is 4. The third-order valence-corrected chi connectivity index (χ3v) is 5.50. The minimum atomic E-state index is -0.432. The largest absolute Gasteiger partial charge is 0.492 e. The second-order valence-corrected chi connectivity index (χ2v) is 7.00. The van der Waals surface area contributed by atoms with Gasteiger partial charge >= 0.3 is 0 Å². The maximum atomic E-state index is 11.3. The van der Waals surface area contributed by atoms with Crippen molar-refractivity contribution in [3.63, 3.8) is 0 Å². The molecule has 1 heterocycles. The molecular weight excluding hydrogens is 352 g/mol. The molecule has 1 N–H and O–H groups in total. The highest BCUT2D eigenvalue weighted by Gasteiger charge is 2.39. The Kier molecular flexibility index (Phi) is 4.32. The number of para-hydroxylation sites is 1. The van der Waals surface area contributed by atoms with Gasteiger partial charge in [0.15, 0.2) is 0 Å². The van der Waals surface area contributed by atoms with Crippen LogP contribution in [0.5, 0.6) is 5.75 Å². The fourth-order valence-corrected chi connectivity index (χ4v) is 4.25. The lowest BCUT2D eigenvalue weighted by atomic mass is 9.77.